The summed E-state index contributed by atoms with van der Waals surface area (Å²) in [6, 6.07) is 10.3. The second-order valence-corrected chi connectivity index (χ2v) is 4.47. The first-order valence-corrected chi connectivity index (χ1v) is 6.35. The molecule has 0 fully saturated rings. The van der Waals surface area contributed by atoms with Crippen LogP contribution in [0.25, 0.3) is 0 Å². The highest BCUT2D eigenvalue weighted by Crippen LogP contribution is 2.18. The van der Waals surface area contributed by atoms with Crippen LogP contribution in [-0.4, -0.2) is 17.1 Å². The molecule has 1 aromatic heterocycles. The Labute approximate surface area is 113 Å². The third kappa shape index (κ3) is 3.76. The van der Waals surface area contributed by atoms with Crippen LogP contribution in [0.3, 0.4) is 0 Å². The lowest BCUT2D eigenvalue weighted by Crippen LogP contribution is -2.19. The molecular weight excluding hydrogens is 238 g/mol. The van der Waals surface area contributed by atoms with E-state index in [4.69, 9.17) is 4.74 Å². The van der Waals surface area contributed by atoms with Crippen molar-refractivity contribution in [2.75, 3.05) is 7.11 Å². The maximum absolute atomic E-state index is 5.24. The van der Waals surface area contributed by atoms with Gasteiger partial charge < -0.3 is 10.1 Å². The van der Waals surface area contributed by atoms with E-state index in [2.05, 4.69) is 28.3 Å². The Morgan fingerprint density at radius 2 is 2.16 bits per heavy atom. The Kier molecular flexibility index (Phi) is 4.47. The first-order valence-electron chi connectivity index (χ1n) is 6.35. The first-order chi connectivity index (χ1) is 9.19. The molecule has 2 rings (SSSR count). The molecule has 19 heavy (non-hydrogen) atoms. The Hall–Kier alpha value is -1.94. The van der Waals surface area contributed by atoms with E-state index < -0.39 is 0 Å². The molecule has 4 heteroatoms. The largest absolute Gasteiger partial charge is 0.497 e. The predicted molar refractivity (Wildman–Crippen MR) is 75.0 cm³/mol. The minimum atomic E-state index is 0.241. The fourth-order valence-corrected chi connectivity index (χ4v) is 1.89. The van der Waals surface area contributed by atoms with Gasteiger partial charge in [0.2, 0.25) is 0 Å². The lowest BCUT2D eigenvalue weighted by molar-refractivity contribution is 0.413. The zero-order chi connectivity index (χ0) is 13.7. The van der Waals surface area contributed by atoms with Gasteiger partial charge in [0.1, 0.15) is 11.6 Å². The lowest BCUT2D eigenvalue weighted by Gasteiger charge is -2.15. The molecule has 0 bridgehead atoms. The van der Waals surface area contributed by atoms with E-state index in [1.807, 2.05) is 31.2 Å². The van der Waals surface area contributed by atoms with E-state index in [-0.39, 0.29) is 6.04 Å². The molecule has 4 nitrogen and oxygen atoms in total. The molecule has 100 valence electrons. The molecule has 1 aromatic carbocycles. The average Bonchev–Trinajstić information content (AvgIpc) is 2.45. The fraction of sp³-hybridized carbons (Fsp3) is 0.333. The van der Waals surface area contributed by atoms with Crippen molar-refractivity contribution in [3.8, 4) is 5.75 Å². The van der Waals surface area contributed by atoms with Crippen LogP contribution in [0, 0.1) is 6.92 Å². The SMILES string of the molecule is COc1cccc(C(C)NCc2ccnc(C)n2)c1. The van der Waals surface area contributed by atoms with Crippen molar-refractivity contribution in [3.05, 3.63) is 53.6 Å². The Balaban J connectivity index is 1.99. The van der Waals surface area contributed by atoms with Gasteiger partial charge in [-0.15, -0.1) is 0 Å². The molecule has 1 atom stereocenters. The van der Waals surface area contributed by atoms with Gasteiger partial charge in [-0.3, -0.25) is 0 Å². The zero-order valence-electron chi connectivity index (χ0n) is 11.6. The van der Waals surface area contributed by atoms with Crippen LogP contribution >= 0.6 is 0 Å². The molecule has 0 aliphatic rings. The maximum atomic E-state index is 5.24. The molecule has 1 unspecified atom stereocenters. The normalized spacial score (nSPS) is 12.2. The highest BCUT2D eigenvalue weighted by Gasteiger charge is 2.06. The van der Waals surface area contributed by atoms with E-state index in [9.17, 15) is 0 Å². The maximum Gasteiger partial charge on any atom is 0.125 e. The second-order valence-electron chi connectivity index (χ2n) is 4.47. The topological polar surface area (TPSA) is 47.0 Å². The predicted octanol–water partition coefficient (Wildman–Crippen LogP) is 2.64. The van der Waals surface area contributed by atoms with E-state index in [0.717, 1.165) is 23.8 Å². The van der Waals surface area contributed by atoms with Crippen molar-refractivity contribution >= 4 is 0 Å². The van der Waals surface area contributed by atoms with Gasteiger partial charge >= 0.3 is 0 Å². The second kappa shape index (κ2) is 6.29. The van der Waals surface area contributed by atoms with Crippen LogP contribution in [-0.2, 0) is 6.54 Å². The molecular formula is C15H19N3O. The van der Waals surface area contributed by atoms with Crippen molar-refractivity contribution in [3.63, 3.8) is 0 Å². The third-order valence-electron chi connectivity index (χ3n) is 3.02. The van der Waals surface area contributed by atoms with Gasteiger partial charge in [0.15, 0.2) is 0 Å². The summed E-state index contributed by atoms with van der Waals surface area (Å²) in [5.41, 5.74) is 2.20. The van der Waals surface area contributed by atoms with E-state index in [0.29, 0.717) is 0 Å². The van der Waals surface area contributed by atoms with E-state index >= 15 is 0 Å². The molecule has 0 spiro atoms. The number of benzene rings is 1. The third-order valence-corrected chi connectivity index (χ3v) is 3.02. The molecule has 0 saturated heterocycles. The van der Waals surface area contributed by atoms with E-state index in [1.54, 1.807) is 13.3 Å². The summed E-state index contributed by atoms with van der Waals surface area (Å²) < 4.78 is 5.24. The monoisotopic (exact) mass is 257 g/mol. The summed E-state index contributed by atoms with van der Waals surface area (Å²) in [7, 11) is 1.68. The first kappa shape index (κ1) is 13.5. The molecule has 0 saturated carbocycles. The quantitative estimate of drug-likeness (QED) is 0.894. The fourth-order valence-electron chi connectivity index (χ4n) is 1.89. The number of rotatable bonds is 5. The van der Waals surface area contributed by atoms with Gasteiger partial charge in [-0.2, -0.15) is 0 Å². The van der Waals surface area contributed by atoms with Crippen molar-refractivity contribution in [1.29, 1.82) is 0 Å². The van der Waals surface area contributed by atoms with Gasteiger partial charge in [-0.25, -0.2) is 9.97 Å². The molecule has 2 aromatic rings. The Morgan fingerprint density at radius 1 is 1.32 bits per heavy atom. The van der Waals surface area contributed by atoms with E-state index in [1.165, 1.54) is 5.56 Å². The summed E-state index contributed by atoms with van der Waals surface area (Å²) in [6.07, 6.45) is 1.79. The highest BCUT2D eigenvalue weighted by atomic mass is 16.5. The average molecular weight is 257 g/mol. The summed E-state index contributed by atoms with van der Waals surface area (Å²) in [5.74, 6) is 1.68. The number of aromatic nitrogens is 2. The number of hydrogen-bond acceptors (Lipinski definition) is 4. The molecule has 0 aliphatic carbocycles. The van der Waals surface area contributed by atoms with Gasteiger partial charge in [-0.1, -0.05) is 12.1 Å². The van der Waals surface area contributed by atoms with Gasteiger partial charge in [0, 0.05) is 18.8 Å². The van der Waals surface area contributed by atoms with Gasteiger partial charge in [-0.05, 0) is 37.6 Å². The molecule has 1 heterocycles. The van der Waals surface area contributed by atoms with Crippen LogP contribution in [0.4, 0.5) is 0 Å². The Bertz CT molecular complexity index is 542. The zero-order valence-corrected chi connectivity index (χ0v) is 11.6. The molecule has 0 amide bonds. The number of methoxy groups -OCH3 is 1. The number of aryl methyl sites for hydroxylation is 1. The number of nitrogens with zero attached hydrogens (tertiary/aromatic N) is 2. The van der Waals surface area contributed by atoms with Crippen molar-refractivity contribution in [2.45, 2.75) is 26.4 Å². The number of nitrogens with one attached hydrogen (secondary N) is 1. The van der Waals surface area contributed by atoms with Crippen molar-refractivity contribution in [1.82, 2.24) is 15.3 Å². The highest BCUT2D eigenvalue weighted by molar-refractivity contribution is 5.30. The summed E-state index contributed by atoms with van der Waals surface area (Å²) in [5, 5.41) is 3.45. The Morgan fingerprint density at radius 3 is 2.89 bits per heavy atom. The molecule has 1 N–H and O–H groups in total. The van der Waals surface area contributed by atoms with Crippen LogP contribution in [0.1, 0.15) is 30.0 Å². The standard InChI is InChI=1S/C15H19N3O/c1-11(13-5-4-6-15(9-13)19-3)17-10-14-7-8-16-12(2)18-14/h4-9,11,17H,10H2,1-3H3. The number of ether oxygens (including phenoxy) is 1. The van der Waals surface area contributed by atoms with Crippen molar-refractivity contribution in [2.24, 2.45) is 0 Å². The summed E-state index contributed by atoms with van der Waals surface area (Å²) in [6.45, 7) is 4.75. The summed E-state index contributed by atoms with van der Waals surface area (Å²) >= 11 is 0. The summed E-state index contributed by atoms with van der Waals surface area (Å²) in [4.78, 5) is 8.47. The smallest absolute Gasteiger partial charge is 0.125 e. The van der Waals surface area contributed by atoms with Crippen LogP contribution in [0.2, 0.25) is 0 Å². The minimum Gasteiger partial charge on any atom is -0.497 e. The molecule has 0 aliphatic heterocycles. The van der Waals surface area contributed by atoms with Gasteiger partial charge in [0.05, 0.1) is 12.8 Å². The minimum absolute atomic E-state index is 0.241. The number of hydrogen-bond donors (Lipinski definition) is 1. The van der Waals surface area contributed by atoms with Crippen molar-refractivity contribution < 1.29 is 4.74 Å². The van der Waals surface area contributed by atoms with Crippen LogP contribution in [0.5, 0.6) is 5.75 Å². The van der Waals surface area contributed by atoms with Crippen LogP contribution < -0.4 is 10.1 Å². The van der Waals surface area contributed by atoms with Crippen LogP contribution in [0.15, 0.2) is 36.5 Å². The molecule has 0 radical (unpaired) electrons. The lowest BCUT2D eigenvalue weighted by atomic mass is 10.1. The van der Waals surface area contributed by atoms with Gasteiger partial charge in [0.25, 0.3) is 0 Å².